The Kier molecular flexibility index (Phi) is 5.45. The average molecular weight is 279 g/mol. The first-order valence-corrected chi connectivity index (χ1v) is 9.08. The van der Waals surface area contributed by atoms with Gasteiger partial charge in [0.1, 0.15) is 4.87 Å². The van der Waals surface area contributed by atoms with Crippen molar-refractivity contribution < 1.29 is 13.0 Å². The van der Waals surface area contributed by atoms with E-state index in [2.05, 4.69) is 41.5 Å². The zero-order valence-electron chi connectivity index (χ0n) is 12.2. The van der Waals surface area contributed by atoms with Crippen LogP contribution in [0.3, 0.4) is 0 Å². The fraction of sp³-hybridized carbons (Fsp3) is 0.917. The molecule has 0 rings (SSSR count). The summed E-state index contributed by atoms with van der Waals surface area (Å²) >= 11 is 0. The van der Waals surface area contributed by atoms with Crippen LogP contribution in [-0.4, -0.2) is 22.5 Å². The van der Waals surface area contributed by atoms with Crippen molar-refractivity contribution in [2.24, 2.45) is 10.8 Å². The van der Waals surface area contributed by atoms with Crippen LogP contribution in [0.2, 0.25) is 5.54 Å². The molecule has 0 unspecified atom stereocenters. The minimum absolute atomic E-state index is 0.0651. The Balaban J connectivity index is 5.14. The topological polar surface area (TPSA) is 54.4 Å². The Hall–Kier alpha value is 0.127. The SMILES string of the molecule is CC[C]([SiH2]C(C(C)(C)C)C(C)(C)C)S(=O)(=O)O. The summed E-state index contributed by atoms with van der Waals surface area (Å²) in [5, 5.41) is 0. The molecule has 0 aromatic heterocycles. The molecule has 103 valence electrons. The van der Waals surface area contributed by atoms with Crippen molar-refractivity contribution in [3.63, 3.8) is 0 Å². The van der Waals surface area contributed by atoms with E-state index in [-0.39, 0.29) is 10.8 Å². The summed E-state index contributed by atoms with van der Waals surface area (Å²) in [6, 6.07) is 0. The van der Waals surface area contributed by atoms with Crippen LogP contribution in [0.5, 0.6) is 0 Å². The number of rotatable bonds is 4. The highest BCUT2D eigenvalue weighted by Crippen LogP contribution is 2.46. The lowest BCUT2D eigenvalue weighted by Gasteiger charge is -2.41. The van der Waals surface area contributed by atoms with Gasteiger partial charge in [0.05, 0.1) is 9.52 Å². The smallest absolute Gasteiger partial charge is 0.268 e. The molecule has 0 aliphatic rings. The van der Waals surface area contributed by atoms with E-state index < -0.39 is 19.6 Å². The van der Waals surface area contributed by atoms with Gasteiger partial charge >= 0.3 is 0 Å². The summed E-state index contributed by atoms with van der Waals surface area (Å²) < 4.78 is 31.8. The molecule has 0 bridgehead atoms. The van der Waals surface area contributed by atoms with E-state index in [0.717, 1.165) is 0 Å². The molecule has 0 heterocycles. The molecule has 5 heteroatoms. The van der Waals surface area contributed by atoms with E-state index in [9.17, 15) is 13.0 Å². The second-order valence-electron chi connectivity index (χ2n) is 6.86. The predicted octanol–water partition coefficient (Wildman–Crippen LogP) is 2.82. The Morgan fingerprint density at radius 3 is 1.65 bits per heavy atom. The zero-order valence-corrected chi connectivity index (χ0v) is 14.4. The molecule has 0 saturated heterocycles. The summed E-state index contributed by atoms with van der Waals surface area (Å²) in [7, 11) is -4.95. The molecule has 0 saturated carbocycles. The molecule has 1 radical (unpaired) electrons. The lowest BCUT2D eigenvalue weighted by Crippen LogP contribution is -2.36. The maximum atomic E-state index is 11.3. The maximum absolute atomic E-state index is 11.3. The first-order valence-electron chi connectivity index (χ1n) is 6.12. The van der Waals surface area contributed by atoms with Gasteiger partial charge in [-0.25, -0.2) is 0 Å². The van der Waals surface area contributed by atoms with Crippen LogP contribution in [0.4, 0.5) is 0 Å². The van der Waals surface area contributed by atoms with Crippen LogP contribution in [0.15, 0.2) is 0 Å². The van der Waals surface area contributed by atoms with Crippen LogP contribution in [-0.2, 0) is 10.1 Å². The zero-order chi connectivity index (χ0) is 14.1. The lowest BCUT2D eigenvalue weighted by molar-refractivity contribution is 0.232. The van der Waals surface area contributed by atoms with E-state index in [4.69, 9.17) is 0 Å². The van der Waals surface area contributed by atoms with E-state index in [1.165, 1.54) is 0 Å². The van der Waals surface area contributed by atoms with Crippen molar-refractivity contribution in [3.05, 3.63) is 4.87 Å². The third-order valence-corrected chi connectivity index (χ3v) is 9.71. The van der Waals surface area contributed by atoms with Gasteiger partial charge in [0.25, 0.3) is 10.1 Å². The van der Waals surface area contributed by atoms with Gasteiger partial charge in [0.15, 0.2) is 0 Å². The number of hydrogen-bond acceptors (Lipinski definition) is 2. The monoisotopic (exact) mass is 279 g/mol. The van der Waals surface area contributed by atoms with Crippen LogP contribution in [0, 0.1) is 15.7 Å². The second kappa shape index (κ2) is 5.41. The van der Waals surface area contributed by atoms with Crippen molar-refractivity contribution in [1.29, 1.82) is 0 Å². The summed E-state index contributed by atoms with van der Waals surface area (Å²) in [4.78, 5) is 0.382. The van der Waals surface area contributed by atoms with Gasteiger partial charge in [0.2, 0.25) is 0 Å². The Bertz CT molecular complexity index is 322. The highest BCUT2D eigenvalue weighted by Gasteiger charge is 2.39. The maximum Gasteiger partial charge on any atom is 0.268 e. The van der Waals surface area contributed by atoms with E-state index in [1.54, 1.807) is 6.92 Å². The molecule has 0 aromatic carbocycles. The largest absolute Gasteiger partial charge is 0.285 e. The molecule has 0 amide bonds. The molecule has 0 atom stereocenters. The minimum Gasteiger partial charge on any atom is -0.285 e. The van der Waals surface area contributed by atoms with Gasteiger partial charge in [-0.3, -0.25) is 4.55 Å². The van der Waals surface area contributed by atoms with Crippen LogP contribution in [0.25, 0.3) is 0 Å². The van der Waals surface area contributed by atoms with Gasteiger partial charge in [-0.05, 0) is 22.8 Å². The fourth-order valence-corrected chi connectivity index (χ4v) is 6.25. The standard InChI is InChI=1S/C12H27O3SSi/c1-8-9(16(13,14)15)17-10(11(2,3)4)12(5,6)7/h10H,8,17H2,1-7H3,(H,13,14,15). The van der Waals surface area contributed by atoms with E-state index in [0.29, 0.717) is 16.8 Å². The van der Waals surface area contributed by atoms with Gasteiger partial charge < -0.3 is 0 Å². The molecular formula is C12H27O3SSi. The van der Waals surface area contributed by atoms with Crippen molar-refractivity contribution in [1.82, 2.24) is 0 Å². The highest BCUT2D eigenvalue weighted by atomic mass is 32.2. The van der Waals surface area contributed by atoms with Gasteiger partial charge in [-0.1, -0.05) is 48.5 Å². The Morgan fingerprint density at radius 1 is 1.12 bits per heavy atom. The first kappa shape index (κ1) is 17.1. The summed E-state index contributed by atoms with van der Waals surface area (Å²) in [6.07, 6.45) is 0.438. The molecule has 3 nitrogen and oxygen atoms in total. The molecule has 0 fully saturated rings. The number of hydrogen-bond donors (Lipinski definition) is 1. The van der Waals surface area contributed by atoms with Crippen molar-refractivity contribution in [2.45, 2.75) is 60.4 Å². The Morgan fingerprint density at radius 2 is 1.47 bits per heavy atom. The van der Waals surface area contributed by atoms with Crippen LogP contribution >= 0.6 is 0 Å². The predicted molar refractivity (Wildman–Crippen MR) is 76.3 cm³/mol. The van der Waals surface area contributed by atoms with Gasteiger partial charge in [-0.15, -0.1) is 0 Å². The third kappa shape index (κ3) is 5.53. The third-order valence-electron chi connectivity index (χ3n) is 3.28. The Labute approximate surface area is 109 Å². The summed E-state index contributed by atoms with van der Waals surface area (Å²) in [5.41, 5.74) is 0.470. The average Bonchev–Trinajstić information content (AvgIpc) is 1.97. The highest BCUT2D eigenvalue weighted by molar-refractivity contribution is 7.90. The summed E-state index contributed by atoms with van der Waals surface area (Å²) in [5.74, 6) is 0. The van der Waals surface area contributed by atoms with E-state index >= 15 is 0 Å². The van der Waals surface area contributed by atoms with Crippen molar-refractivity contribution in [3.8, 4) is 0 Å². The molecule has 0 spiro atoms. The fourth-order valence-electron chi connectivity index (χ4n) is 2.57. The quantitative estimate of drug-likeness (QED) is 0.636. The van der Waals surface area contributed by atoms with Crippen LogP contribution < -0.4 is 0 Å². The second-order valence-corrected chi connectivity index (χ2v) is 11.0. The van der Waals surface area contributed by atoms with Crippen molar-refractivity contribution >= 4 is 19.6 Å². The molecule has 0 aliphatic heterocycles. The first-order chi connectivity index (χ1) is 7.30. The molecule has 1 N–H and O–H groups in total. The normalized spacial score (nSPS) is 15.4. The summed E-state index contributed by atoms with van der Waals surface area (Å²) in [6.45, 7) is 14.7. The molecule has 17 heavy (non-hydrogen) atoms. The lowest BCUT2D eigenvalue weighted by atomic mass is 9.77. The minimum atomic E-state index is -3.95. The van der Waals surface area contributed by atoms with E-state index in [1.807, 2.05) is 0 Å². The molecular weight excluding hydrogens is 252 g/mol. The molecule has 0 aromatic rings. The van der Waals surface area contributed by atoms with Gasteiger partial charge in [-0.2, -0.15) is 8.42 Å². The van der Waals surface area contributed by atoms with Crippen molar-refractivity contribution in [2.75, 3.05) is 0 Å². The molecule has 0 aliphatic carbocycles. The van der Waals surface area contributed by atoms with Gasteiger partial charge in [0, 0.05) is 0 Å². The van der Waals surface area contributed by atoms with Crippen LogP contribution in [0.1, 0.15) is 54.9 Å².